The number of anilines is 1. The van der Waals surface area contributed by atoms with E-state index in [1.54, 1.807) is 6.33 Å². The molecule has 27 heavy (non-hydrogen) atoms. The molecular formula is C21H23N5O. The van der Waals surface area contributed by atoms with Gasteiger partial charge in [-0.1, -0.05) is 5.92 Å². The maximum absolute atomic E-state index is 11.4. The molecule has 0 aliphatic heterocycles. The molecule has 0 unspecified atom stereocenters. The molecule has 4 fully saturated rings. The van der Waals surface area contributed by atoms with Gasteiger partial charge in [0.05, 0.1) is 6.33 Å². The monoisotopic (exact) mass is 361 g/mol. The van der Waals surface area contributed by atoms with E-state index >= 15 is 0 Å². The average molecular weight is 361 g/mol. The van der Waals surface area contributed by atoms with Gasteiger partial charge in [0.1, 0.15) is 11.1 Å². The first-order valence-electron chi connectivity index (χ1n) is 9.74. The van der Waals surface area contributed by atoms with Crippen molar-refractivity contribution in [3.8, 4) is 24.2 Å². The van der Waals surface area contributed by atoms with E-state index in [1.165, 1.54) is 6.42 Å². The first-order chi connectivity index (χ1) is 13.1. The second kappa shape index (κ2) is 5.97. The number of fused-ring (bicyclic) bond motifs is 1. The summed E-state index contributed by atoms with van der Waals surface area (Å²) in [6.07, 6.45) is 13.3. The van der Waals surface area contributed by atoms with Crippen LogP contribution in [0.4, 0.5) is 5.82 Å². The number of hydrogen-bond acceptors (Lipinski definition) is 5. The van der Waals surface area contributed by atoms with Crippen LogP contribution >= 0.6 is 0 Å². The molecule has 0 radical (unpaired) electrons. The number of rotatable bonds is 2. The highest BCUT2D eigenvalue weighted by Gasteiger charge is 2.55. The van der Waals surface area contributed by atoms with Gasteiger partial charge in [-0.05, 0) is 61.7 Å². The first-order valence-corrected chi connectivity index (χ1v) is 9.74. The molecule has 6 heteroatoms. The summed E-state index contributed by atoms with van der Waals surface area (Å²) >= 11 is 0. The molecule has 2 heterocycles. The lowest BCUT2D eigenvalue weighted by atomic mass is 9.50. The Bertz CT molecular complexity index is 977. The third-order valence-corrected chi connectivity index (χ3v) is 6.75. The largest absolute Gasteiger partial charge is 0.382 e. The van der Waals surface area contributed by atoms with E-state index in [4.69, 9.17) is 12.2 Å². The molecule has 0 atom stereocenters. The van der Waals surface area contributed by atoms with Crippen LogP contribution in [0.1, 0.15) is 44.3 Å². The van der Waals surface area contributed by atoms with Crippen LogP contribution in [0.5, 0.6) is 0 Å². The number of aliphatic hydroxyl groups is 1. The summed E-state index contributed by atoms with van der Waals surface area (Å²) in [5.74, 6) is 11.6. The van der Waals surface area contributed by atoms with E-state index < -0.39 is 5.60 Å². The Labute approximate surface area is 158 Å². The summed E-state index contributed by atoms with van der Waals surface area (Å²) in [7, 11) is 0. The highest BCUT2D eigenvalue weighted by Crippen LogP contribution is 2.58. The van der Waals surface area contributed by atoms with Crippen LogP contribution in [0.15, 0.2) is 6.33 Å². The first kappa shape index (κ1) is 16.6. The third kappa shape index (κ3) is 2.59. The summed E-state index contributed by atoms with van der Waals surface area (Å²) in [4.78, 5) is 13.1. The molecule has 6 nitrogen and oxygen atoms in total. The number of terminal acetylenes is 1. The number of aromatic nitrogens is 4. The van der Waals surface area contributed by atoms with Crippen LogP contribution in [0.3, 0.4) is 0 Å². The van der Waals surface area contributed by atoms with Gasteiger partial charge in [0.2, 0.25) is 5.82 Å². The Hall–Kier alpha value is -2.57. The molecule has 0 spiro atoms. The van der Waals surface area contributed by atoms with Crippen molar-refractivity contribution >= 4 is 17.0 Å². The lowest BCUT2D eigenvalue weighted by Crippen LogP contribution is -2.56. The number of hydrogen-bond donors (Lipinski definition) is 2. The minimum Gasteiger partial charge on any atom is -0.382 e. The maximum atomic E-state index is 11.4. The lowest BCUT2D eigenvalue weighted by molar-refractivity contribution is -0.136. The number of nitrogens with two attached hydrogens (primary N) is 1. The van der Waals surface area contributed by atoms with Crippen molar-refractivity contribution in [1.82, 2.24) is 19.5 Å². The molecule has 2 aromatic heterocycles. The molecule has 138 valence electrons. The van der Waals surface area contributed by atoms with E-state index in [0.717, 1.165) is 37.5 Å². The summed E-state index contributed by atoms with van der Waals surface area (Å²) in [5.41, 5.74) is 6.35. The van der Waals surface area contributed by atoms with Crippen molar-refractivity contribution in [2.45, 2.75) is 50.7 Å². The highest BCUT2D eigenvalue weighted by atomic mass is 16.3. The zero-order valence-corrected chi connectivity index (χ0v) is 15.2. The van der Waals surface area contributed by atoms with E-state index in [-0.39, 0.29) is 11.8 Å². The van der Waals surface area contributed by atoms with Crippen LogP contribution in [-0.4, -0.2) is 30.2 Å². The van der Waals surface area contributed by atoms with E-state index in [9.17, 15) is 5.11 Å². The molecule has 4 saturated carbocycles. The molecule has 0 aromatic carbocycles. The topological polar surface area (TPSA) is 89.9 Å². The fourth-order valence-corrected chi connectivity index (χ4v) is 5.63. The predicted molar refractivity (Wildman–Crippen MR) is 102 cm³/mol. The van der Waals surface area contributed by atoms with Gasteiger partial charge in [-0.25, -0.2) is 15.0 Å². The van der Waals surface area contributed by atoms with E-state index in [1.807, 2.05) is 4.57 Å². The van der Waals surface area contributed by atoms with Crippen molar-refractivity contribution < 1.29 is 5.11 Å². The summed E-state index contributed by atoms with van der Waals surface area (Å²) in [5, 5.41) is 11.4. The zero-order chi connectivity index (χ0) is 18.6. The number of imidazole rings is 1. The molecule has 4 aliphatic carbocycles. The number of nitrogen functional groups attached to an aromatic ring is 1. The van der Waals surface area contributed by atoms with Crippen molar-refractivity contribution in [3.63, 3.8) is 0 Å². The summed E-state index contributed by atoms with van der Waals surface area (Å²) in [6.45, 7) is 0.618. The Morgan fingerprint density at radius 1 is 1.19 bits per heavy atom. The van der Waals surface area contributed by atoms with Crippen LogP contribution in [-0.2, 0) is 6.54 Å². The third-order valence-electron chi connectivity index (χ3n) is 6.75. The molecule has 0 saturated heterocycles. The Kier molecular flexibility index (Phi) is 3.67. The SMILES string of the molecule is C#CCCn1cnc2c(N)nc(C#CC3(O)C4CC5CC(C4)CC3C5)nc21. The second-order valence-electron chi connectivity index (χ2n) is 8.38. The van der Waals surface area contributed by atoms with Crippen molar-refractivity contribution in [1.29, 1.82) is 0 Å². The van der Waals surface area contributed by atoms with Crippen molar-refractivity contribution in [3.05, 3.63) is 12.2 Å². The molecule has 6 rings (SSSR count). The number of aryl methyl sites for hydroxylation is 1. The van der Waals surface area contributed by atoms with Gasteiger partial charge < -0.3 is 15.4 Å². The molecule has 0 amide bonds. The Morgan fingerprint density at radius 2 is 1.89 bits per heavy atom. The van der Waals surface area contributed by atoms with Gasteiger partial charge in [-0.3, -0.25) is 0 Å². The van der Waals surface area contributed by atoms with Gasteiger partial charge in [-0.15, -0.1) is 12.3 Å². The normalized spacial score (nSPS) is 33.6. The van der Waals surface area contributed by atoms with Gasteiger partial charge in [0.15, 0.2) is 11.5 Å². The maximum Gasteiger partial charge on any atom is 0.209 e. The predicted octanol–water partition coefficient (Wildman–Crippen LogP) is 1.97. The van der Waals surface area contributed by atoms with Gasteiger partial charge in [0, 0.05) is 13.0 Å². The minimum atomic E-state index is -0.912. The fraction of sp³-hybridized carbons (Fsp3) is 0.571. The van der Waals surface area contributed by atoms with Gasteiger partial charge >= 0.3 is 0 Å². The fourth-order valence-electron chi connectivity index (χ4n) is 5.63. The van der Waals surface area contributed by atoms with Crippen LogP contribution in [0.2, 0.25) is 0 Å². The second-order valence-corrected chi connectivity index (χ2v) is 8.38. The Balaban J connectivity index is 1.49. The van der Waals surface area contributed by atoms with Crippen molar-refractivity contribution in [2.24, 2.45) is 23.7 Å². The summed E-state index contributed by atoms with van der Waals surface area (Å²) in [6, 6.07) is 0. The molecule has 2 aromatic rings. The van der Waals surface area contributed by atoms with Crippen LogP contribution < -0.4 is 5.73 Å². The van der Waals surface area contributed by atoms with Crippen molar-refractivity contribution in [2.75, 3.05) is 5.73 Å². The minimum absolute atomic E-state index is 0.281. The van der Waals surface area contributed by atoms with E-state index in [2.05, 4.69) is 32.7 Å². The van der Waals surface area contributed by atoms with Gasteiger partial charge in [-0.2, -0.15) is 0 Å². The zero-order valence-electron chi connectivity index (χ0n) is 15.2. The standard InChI is InChI=1S/C21H23N5O/c1-2-3-6-26-12-23-18-19(22)24-17(25-20(18)26)4-5-21(27)15-8-13-7-14(10-15)11-16(21)9-13/h1,12-16,27H,3,6-11H2,(H2,22,24,25). The number of nitrogens with zero attached hydrogens (tertiary/aromatic N) is 4. The van der Waals surface area contributed by atoms with Gasteiger partial charge in [0.25, 0.3) is 0 Å². The van der Waals surface area contributed by atoms with E-state index in [0.29, 0.717) is 35.8 Å². The molecule has 4 bridgehead atoms. The smallest absolute Gasteiger partial charge is 0.209 e. The highest BCUT2D eigenvalue weighted by molar-refractivity contribution is 5.81. The molecular weight excluding hydrogens is 338 g/mol. The molecule has 4 aliphatic rings. The van der Waals surface area contributed by atoms with Crippen LogP contribution in [0.25, 0.3) is 11.2 Å². The van der Waals surface area contributed by atoms with Crippen LogP contribution in [0, 0.1) is 47.9 Å². The lowest BCUT2D eigenvalue weighted by Gasteiger charge is -2.56. The molecule has 3 N–H and O–H groups in total. The Morgan fingerprint density at radius 3 is 2.56 bits per heavy atom. The summed E-state index contributed by atoms with van der Waals surface area (Å²) < 4.78 is 1.87. The quantitative estimate of drug-likeness (QED) is 0.798. The average Bonchev–Trinajstić information content (AvgIpc) is 3.06.